The predicted molar refractivity (Wildman–Crippen MR) is 118 cm³/mol. The molecule has 0 aromatic rings. The lowest BCUT2D eigenvalue weighted by atomic mass is 9.41. The zero-order chi connectivity index (χ0) is 21.8. The molecular formula is C26H44O4. The number of aliphatic carboxylic acids is 1. The topological polar surface area (TPSA) is 77.8 Å². The van der Waals surface area contributed by atoms with Crippen LogP contribution in [-0.4, -0.2) is 33.5 Å². The molecule has 0 aliphatic heterocycles. The van der Waals surface area contributed by atoms with E-state index in [2.05, 4.69) is 27.7 Å². The Morgan fingerprint density at radius 1 is 1.00 bits per heavy atom. The Hall–Kier alpha value is -0.610. The Kier molecular flexibility index (Phi) is 6.07. The molecule has 11 atom stereocenters. The summed E-state index contributed by atoms with van der Waals surface area (Å²) < 4.78 is 0. The summed E-state index contributed by atoms with van der Waals surface area (Å²) in [6.07, 6.45) is 9.27. The van der Waals surface area contributed by atoms with Gasteiger partial charge in [0.2, 0.25) is 0 Å². The SMILES string of the molecule is CC[C@H]1[C@@H](O)C2C3CC[C@H]([C@H](C)CC[14C](=O)O)[C@@]3(C)CCC2[C@@]2(C)CC[C@@H](O)C[C@@H]12. The van der Waals surface area contributed by atoms with Crippen LogP contribution in [0.25, 0.3) is 0 Å². The predicted octanol–water partition coefficient (Wildman–Crippen LogP) is 5.11. The fraction of sp³-hybridized carbons (Fsp3) is 0.962. The van der Waals surface area contributed by atoms with Gasteiger partial charge in [0.05, 0.1) is 12.2 Å². The molecule has 4 saturated carbocycles. The Morgan fingerprint density at radius 3 is 2.33 bits per heavy atom. The number of hydrogen-bond acceptors (Lipinski definition) is 3. The van der Waals surface area contributed by atoms with Gasteiger partial charge < -0.3 is 15.3 Å². The van der Waals surface area contributed by atoms with Gasteiger partial charge in [-0.1, -0.05) is 34.1 Å². The molecule has 4 aliphatic rings. The maximum atomic E-state index is 11.7. The minimum absolute atomic E-state index is 0.194. The average Bonchev–Trinajstić information content (AvgIpc) is 3.05. The zero-order valence-electron chi connectivity index (χ0n) is 19.5. The minimum atomic E-state index is -0.683. The van der Waals surface area contributed by atoms with E-state index in [4.69, 9.17) is 5.11 Å². The average molecular weight is 423 g/mol. The monoisotopic (exact) mass is 422 g/mol. The van der Waals surface area contributed by atoms with Gasteiger partial charge in [-0.15, -0.1) is 0 Å². The van der Waals surface area contributed by atoms with Gasteiger partial charge in [-0.25, -0.2) is 0 Å². The van der Waals surface area contributed by atoms with Crippen molar-refractivity contribution in [1.82, 2.24) is 0 Å². The molecule has 30 heavy (non-hydrogen) atoms. The quantitative estimate of drug-likeness (QED) is 0.575. The highest BCUT2D eigenvalue weighted by atomic mass is 16.6. The van der Waals surface area contributed by atoms with Gasteiger partial charge in [0.25, 0.3) is 0 Å². The third-order valence-electron chi connectivity index (χ3n) is 11.0. The normalized spacial score (nSPS) is 51.5. The minimum Gasteiger partial charge on any atom is -0.481 e. The molecule has 0 aromatic heterocycles. The van der Waals surface area contributed by atoms with Crippen LogP contribution in [0.1, 0.15) is 91.9 Å². The van der Waals surface area contributed by atoms with Crippen LogP contribution >= 0.6 is 0 Å². The van der Waals surface area contributed by atoms with Gasteiger partial charge in [0, 0.05) is 6.42 Å². The summed E-state index contributed by atoms with van der Waals surface area (Å²) in [4.78, 5) is 11.1. The standard InChI is InChI=1S/C26H44O4/c1-5-17-21-14-16(27)10-12-26(21,4)20-11-13-25(3)18(15(2)6-9-22(28)29)7-8-19(25)23(20)24(17)30/h15-21,23-24,27,30H,5-14H2,1-4H3,(H,28,29)/t15-,16-,17-,18-,19?,20?,21+,23?,24-,25-,26-/m1/s1/i22+2. The Balaban J connectivity index is 1.61. The van der Waals surface area contributed by atoms with E-state index >= 15 is 0 Å². The van der Waals surface area contributed by atoms with Gasteiger partial charge in [-0.2, -0.15) is 0 Å². The van der Waals surface area contributed by atoms with Crippen molar-refractivity contribution in [3.63, 3.8) is 0 Å². The number of rotatable bonds is 5. The molecule has 0 radical (unpaired) electrons. The van der Waals surface area contributed by atoms with E-state index in [0.717, 1.165) is 32.1 Å². The first-order chi connectivity index (χ1) is 14.1. The first-order valence-corrected chi connectivity index (χ1v) is 12.7. The molecule has 4 aliphatic carbocycles. The van der Waals surface area contributed by atoms with Gasteiger partial charge >= 0.3 is 5.97 Å². The summed E-state index contributed by atoms with van der Waals surface area (Å²) in [5.41, 5.74) is 0.480. The van der Waals surface area contributed by atoms with Gasteiger partial charge in [0.1, 0.15) is 0 Å². The first kappa shape index (κ1) is 22.6. The number of carboxylic acids is 1. The molecule has 4 fully saturated rings. The fourth-order valence-electron chi connectivity index (χ4n) is 9.48. The van der Waals surface area contributed by atoms with E-state index < -0.39 is 5.97 Å². The second kappa shape index (κ2) is 8.06. The number of hydrogen-bond donors (Lipinski definition) is 3. The highest BCUT2D eigenvalue weighted by Crippen LogP contribution is 2.69. The van der Waals surface area contributed by atoms with Crippen LogP contribution in [-0.2, 0) is 4.79 Å². The second-order valence-electron chi connectivity index (χ2n) is 12.0. The third kappa shape index (κ3) is 3.36. The van der Waals surface area contributed by atoms with Crippen molar-refractivity contribution in [3.05, 3.63) is 0 Å². The molecule has 4 nitrogen and oxygen atoms in total. The highest BCUT2D eigenvalue weighted by Gasteiger charge is 2.64. The largest absolute Gasteiger partial charge is 0.481 e. The lowest BCUT2D eigenvalue weighted by Gasteiger charge is -2.64. The van der Waals surface area contributed by atoms with Crippen molar-refractivity contribution in [2.24, 2.45) is 52.3 Å². The van der Waals surface area contributed by atoms with Crippen LogP contribution in [0.15, 0.2) is 0 Å². The summed E-state index contributed by atoms with van der Waals surface area (Å²) in [5.74, 6) is 2.58. The van der Waals surface area contributed by atoms with Crippen molar-refractivity contribution in [2.45, 2.75) is 104 Å². The maximum Gasteiger partial charge on any atom is 0.303 e. The molecule has 4 heteroatoms. The maximum absolute atomic E-state index is 11.7. The molecule has 0 bridgehead atoms. The summed E-state index contributed by atoms with van der Waals surface area (Å²) >= 11 is 0. The molecule has 3 unspecified atom stereocenters. The van der Waals surface area contributed by atoms with Gasteiger partial charge in [-0.05, 0) is 104 Å². The van der Waals surface area contributed by atoms with Crippen LogP contribution in [0.4, 0.5) is 0 Å². The lowest BCUT2D eigenvalue weighted by molar-refractivity contribution is -0.203. The third-order valence-corrected chi connectivity index (χ3v) is 11.0. The summed E-state index contributed by atoms with van der Waals surface area (Å²) in [7, 11) is 0. The molecule has 172 valence electrons. The number of fused-ring (bicyclic) bond motifs is 5. The van der Waals surface area contributed by atoms with E-state index in [1.165, 1.54) is 25.7 Å². The summed E-state index contributed by atoms with van der Waals surface area (Å²) in [5, 5.41) is 31.3. The Labute approximate surface area is 182 Å². The fourth-order valence-corrected chi connectivity index (χ4v) is 9.48. The van der Waals surface area contributed by atoms with Gasteiger partial charge in [0.15, 0.2) is 0 Å². The van der Waals surface area contributed by atoms with Crippen LogP contribution < -0.4 is 0 Å². The van der Waals surface area contributed by atoms with E-state index in [1.807, 2.05) is 0 Å². The highest BCUT2D eigenvalue weighted by molar-refractivity contribution is 5.66. The Bertz CT molecular complexity index is 649. The lowest BCUT2D eigenvalue weighted by Crippen LogP contribution is -2.62. The van der Waals surface area contributed by atoms with Crippen molar-refractivity contribution < 1.29 is 20.1 Å². The van der Waals surface area contributed by atoms with Crippen LogP contribution in [0, 0.1) is 52.3 Å². The van der Waals surface area contributed by atoms with Crippen LogP contribution in [0.5, 0.6) is 0 Å². The van der Waals surface area contributed by atoms with E-state index in [-0.39, 0.29) is 29.5 Å². The first-order valence-electron chi connectivity index (χ1n) is 12.7. The van der Waals surface area contributed by atoms with Gasteiger partial charge in [-0.3, -0.25) is 4.79 Å². The second-order valence-corrected chi connectivity index (χ2v) is 12.0. The molecule has 0 aromatic carbocycles. The number of aliphatic hydroxyl groups is 2. The molecule has 4 rings (SSSR count). The van der Waals surface area contributed by atoms with Crippen molar-refractivity contribution in [2.75, 3.05) is 0 Å². The number of carbonyl (C=O) groups is 1. The number of carboxylic acid groups (broad SMARTS) is 1. The molecule has 3 N–H and O–H groups in total. The molecule has 0 heterocycles. The van der Waals surface area contributed by atoms with E-state index in [9.17, 15) is 15.0 Å². The zero-order valence-corrected chi connectivity index (χ0v) is 19.5. The van der Waals surface area contributed by atoms with E-state index in [1.54, 1.807) is 0 Å². The molecule has 0 saturated heterocycles. The molecule has 0 spiro atoms. The van der Waals surface area contributed by atoms with Crippen LogP contribution in [0.2, 0.25) is 0 Å². The van der Waals surface area contributed by atoms with Crippen molar-refractivity contribution >= 4 is 5.97 Å². The summed E-state index contributed by atoms with van der Waals surface area (Å²) in [6, 6.07) is 0. The number of aliphatic hydroxyl groups excluding tert-OH is 2. The van der Waals surface area contributed by atoms with E-state index in [0.29, 0.717) is 41.4 Å². The molecule has 0 amide bonds. The molecular weight excluding hydrogens is 378 g/mol. The van der Waals surface area contributed by atoms with Crippen molar-refractivity contribution in [1.29, 1.82) is 0 Å². The van der Waals surface area contributed by atoms with Crippen LogP contribution in [0.3, 0.4) is 0 Å². The Morgan fingerprint density at radius 2 is 1.67 bits per heavy atom. The van der Waals surface area contributed by atoms with Crippen molar-refractivity contribution in [3.8, 4) is 0 Å². The smallest absolute Gasteiger partial charge is 0.303 e. The summed E-state index contributed by atoms with van der Waals surface area (Å²) in [6.45, 7) is 9.44.